The first-order chi connectivity index (χ1) is 26.4. The first-order valence-electron chi connectivity index (χ1n) is 20.9. The molecule has 4 aromatic rings. The molecule has 10 rings (SSSR count). The summed E-state index contributed by atoms with van der Waals surface area (Å²) in [5, 5.41) is 0. The normalized spacial score (nSPS) is 24.6. The van der Waals surface area contributed by atoms with Gasteiger partial charge < -0.3 is 9.80 Å². The summed E-state index contributed by atoms with van der Waals surface area (Å²) in [6.07, 6.45) is 21.3. The van der Waals surface area contributed by atoms with Gasteiger partial charge in [0.1, 0.15) is 0 Å². The zero-order valence-corrected chi connectivity index (χ0v) is 33.8. The average Bonchev–Trinajstić information content (AvgIpc) is 3.54. The van der Waals surface area contributed by atoms with Gasteiger partial charge in [0, 0.05) is 45.8 Å². The third kappa shape index (κ3) is 5.21. The van der Waals surface area contributed by atoms with E-state index >= 15 is 0 Å². The molecule has 0 amide bonds. The van der Waals surface area contributed by atoms with Gasteiger partial charge >= 0.3 is 0 Å². The number of fused-ring (bicyclic) bond motifs is 7. The molecule has 4 aromatic carbocycles. The fraction of sp³-hybridized carbons (Fsp3) is 0.346. The topological polar surface area (TPSA) is 6.48 Å². The van der Waals surface area contributed by atoms with Gasteiger partial charge in [0.05, 0.1) is 0 Å². The van der Waals surface area contributed by atoms with Crippen LogP contribution in [0.5, 0.6) is 0 Å². The molecular weight excluding hydrogens is 663 g/mol. The van der Waals surface area contributed by atoms with E-state index in [9.17, 15) is 0 Å². The van der Waals surface area contributed by atoms with Crippen LogP contribution in [0.15, 0.2) is 150 Å². The van der Waals surface area contributed by atoms with Crippen molar-refractivity contribution < 1.29 is 0 Å². The molecule has 0 aromatic heterocycles. The molecule has 0 saturated heterocycles. The van der Waals surface area contributed by atoms with Crippen LogP contribution in [0.1, 0.15) is 102 Å². The molecule has 0 N–H and O–H groups in total. The highest BCUT2D eigenvalue weighted by atomic mass is 15.2. The van der Waals surface area contributed by atoms with Gasteiger partial charge in [-0.25, -0.2) is 0 Å². The number of anilines is 4. The summed E-state index contributed by atoms with van der Waals surface area (Å²) in [7, 11) is 0. The van der Waals surface area contributed by atoms with Crippen LogP contribution in [0.3, 0.4) is 0 Å². The summed E-state index contributed by atoms with van der Waals surface area (Å²) < 4.78 is 0. The fourth-order valence-electron chi connectivity index (χ4n) is 11.3. The third-order valence-electron chi connectivity index (χ3n) is 14.3. The minimum atomic E-state index is -0.248. The van der Waals surface area contributed by atoms with E-state index in [0.29, 0.717) is 30.4 Å². The molecule has 3 aliphatic carbocycles. The van der Waals surface area contributed by atoms with Crippen molar-refractivity contribution in [1.29, 1.82) is 0 Å². The van der Waals surface area contributed by atoms with E-state index in [2.05, 4.69) is 192 Å². The van der Waals surface area contributed by atoms with Gasteiger partial charge in [-0.15, -0.1) is 0 Å². The molecule has 5 atom stereocenters. The van der Waals surface area contributed by atoms with E-state index in [-0.39, 0.29) is 16.2 Å². The summed E-state index contributed by atoms with van der Waals surface area (Å²) >= 11 is 0. The zero-order chi connectivity index (χ0) is 37.9. The molecule has 3 aliphatic heterocycles. The Balaban J connectivity index is 1.31. The van der Waals surface area contributed by atoms with Gasteiger partial charge in [-0.3, -0.25) is 0 Å². The average molecular weight is 719 g/mol. The standard InChI is InChI=1S/C52H55BN2/c1-50(2,3)36-22-16-23-39(30-36)54-45-31-37(51(4,5)6)28-29-42(45)53-43-26-17-25-41-40-24-14-15-27-44(40)55(49(41)43)47-33-38(32-46(54)48(47)53)52(7,34-18-10-8-11-19-34)35-20-12-9-13-21-35/h8-20,22-24,26-28,30,32-33,35,41-42,45H,21,25,29,31H2,1-7H3. The lowest BCUT2D eigenvalue weighted by Gasteiger charge is -2.54. The Morgan fingerprint density at radius 1 is 0.655 bits per heavy atom. The van der Waals surface area contributed by atoms with Gasteiger partial charge in [-0.1, -0.05) is 163 Å². The van der Waals surface area contributed by atoms with Crippen LogP contribution in [0.2, 0.25) is 5.82 Å². The number of para-hydroxylation sites is 1. The fourth-order valence-corrected chi connectivity index (χ4v) is 11.3. The lowest BCUT2D eigenvalue weighted by Crippen LogP contribution is -2.59. The predicted molar refractivity (Wildman–Crippen MR) is 235 cm³/mol. The smallest absolute Gasteiger partial charge is 0.222 e. The second-order valence-electron chi connectivity index (χ2n) is 19.4. The molecule has 276 valence electrons. The van der Waals surface area contributed by atoms with Crippen molar-refractivity contribution in [2.24, 2.45) is 11.3 Å². The molecule has 55 heavy (non-hydrogen) atoms. The second kappa shape index (κ2) is 12.4. The Labute approximate surface area is 330 Å². The number of hydrogen-bond acceptors (Lipinski definition) is 2. The van der Waals surface area contributed by atoms with Crippen molar-refractivity contribution in [3.05, 3.63) is 173 Å². The monoisotopic (exact) mass is 718 g/mol. The minimum Gasteiger partial charge on any atom is -0.339 e. The number of nitrogens with zero attached hydrogens (tertiary/aromatic N) is 2. The largest absolute Gasteiger partial charge is 0.339 e. The number of hydrogen-bond donors (Lipinski definition) is 0. The summed E-state index contributed by atoms with van der Waals surface area (Å²) in [5.41, 5.74) is 17.3. The molecule has 0 spiro atoms. The lowest BCUT2D eigenvalue weighted by atomic mass is 9.27. The van der Waals surface area contributed by atoms with Gasteiger partial charge in [0.2, 0.25) is 6.71 Å². The van der Waals surface area contributed by atoms with Crippen molar-refractivity contribution >= 4 is 34.9 Å². The Bertz CT molecular complexity index is 2360. The van der Waals surface area contributed by atoms with Crippen molar-refractivity contribution in [3.8, 4) is 0 Å². The molecular formula is C52H55BN2. The van der Waals surface area contributed by atoms with Gasteiger partial charge in [0.15, 0.2) is 0 Å². The predicted octanol–water partition coefficient (Wildman–Crippen LogP) is 12.8. The lowest BCUT2D eigenvalue weighted by molar-refractivity contribution is 0.415. The second-order valence-corrected chi connectivity index (χ2v) is 19.4. The Hall–Kier alpha value is -4.76. The van der Waals surface area contributed by atoms with Crippen LogP contribution in [-0.2, 0) is 10.8 Å². The van der Waals surface area contributed by atoms with E-state index in [1.54, 1.807) is 16.7 Å². The maximum absolute atomic E-state index is 2.84. The van der Waals surface area contributed by atoms with E-state index in [4.69, 9.17) is 0 Å². The van der Waals surface area contributed by atoms with Crippen molar-refractivity contribution in [1.82, 2.24) is 0 Å². The Morgan fingerprint density at radius 2 is 1.42 bits per heavy atom. The Kier molecular flexibility index (Phi) is 7.81. The number of rotatable bonds is 4. The van der Waals surface area contributed by atoms with Crippen LogP contribution in [0, 0.1) is 11.3 Å². The molecule has 0 radical (unpaired) electrons. The first kappa shape index (κ1) is 34.7. The molecule has 0 saturated carbocycles. The molecule has 3 heteroatoms. The van der Waals surface area contributed by atoms with Crippen LogP contribution >= 0.6 is 0 Å². The van der Waals surface area contributed by atoms with Crippen LogP contribution in [-0.4, -0.2) is 12.8 Å². The Morgan fingerprint density at radius 3 is 2.18 bits per heavy atom. The SMILES string of the molecule is CC(C)(C)C1=CCC2B3C4=C5C(CC=C4)c4ccccc4N5c4cc(C(C)(c5ccccc5)C5C=CC=CC5)cc(c43)N(c3cccc(C(C)(C)C)c3)C2C1. The van der Waals surface area contributed by atoms with E-state index < -0.39 is 0 Å². The maximum Gasteiger partial charge on any atom is 0.222 e. The summed E-state index contributed by atoms with van der Waals surface area (Å²) in [6.45, 7) is 17.2. The highest BCUT2D eigenvalue weighted by Gasteiger charge is 2.55. The summed E-state index contributed by atoms with van der Waals surface area (Å²) in [5.74, 6) is 1.19. The third-order valence-corrected chi connectivity index (χ3v) is 14.3. The van der Waals surface area contributed by atoms with Gasteiger partial charge in [0.25, 0.3) is 0 Å². The molecule has 3 heterocycles. The van der Waals surface area contributed by atoms with E-state index in [1.165, 1.54) is 50.5 Å². The summed E-state index contributed by atoms with van der Waals surface area (Å²) in [6, 6.07) is 35.9. The van der Waals surface area contributed by atoms with E-state index in [0.717, 1.165) is 25.7 Å². The van der Waals surface area contributed by atoms with Crippen molar-refractivity contribution in [3.63, 3.8) is 0 Å². The van der Waals surface area contributed by atoms with Crippen LogP contribution in [0.4, 0.5) is 22.7 Å². The van der Waals surface area contributed by atoms with Crippen LogP contribution in [0.25, 0.3) is 0 Å². The highest BCUT2D eigenvalue weighted by Crippen LogP contribution is 2.60. The maximum atomic E-state index is 2.84. The highest BCUT2D eigenvalue weighted by molar-refractivity contribution is 6.85. The number of allylic oxidation sites excluding steroid dienone is 9. The van der Waals surface area contributed by atoms with Crippen molar-refractivity contribution in [2.75, 3.05) is 9.80 Å². The molecule has 0 fully saturated rings. The van der Waals surface area contributed by atoms with E-state index in [1.807, 2.05) is 0 Å². The molecule has 6 aliphatic rings. The van der Waals surface area contributed by atoms with Crippen molar-refractivity contribution in [2.45, 2.75) is 103 Å². The van der Waals surface area contributed by atoms with Gasteiger partial charge in [-0.05, 0) is 106 Å². The minimum absolute atomic E-state index is 0.0473. The first-order valence-corrected chi connectivity index (χ1v) is 20.9. The number of benzene rings is 4. The molecule has 0 bridgehead atoms. The quantitative estimate of drug-likeness (QED) is 0.153. The van der Waals surface area contributed by atoms with Gasteiger partial charge in [-0.2, -0.15) is 0 Å². The zero-order valence-electron chi connectivity index (χ0n) is 33.8. The van der Waals surface area contributed by atoms with Crippen LogP contribution < -0.4 is 15.3 Å². The summed E-state index contributed by atoms with van der Waals surface area (Å²) in [4.78, 5) is 5.57. The molecule has 5 unspecified atom stereocenters. The molecule has 2 nitrogen and oxygen atoms in total.